The summed E-state index contributed by atoms with van der Waals surface area (Å²) in [6, 6.07) is 0. The number of carbonyl (C=O) groups is 1. The Balaban J connectivity index is 2.13. The minimum Gasteiger partial charge on any atom is -0.481 e. The summed E-state index contributed by atoms with van der Waals surface area (Å²) >= 11 is 0. The molecule has 0 aromatic carbocycles. The monoisotopic (exact) mass is 291 g/mol. The zero-order chi connectivity index (χ0) is 14.3. The highest BCUT2D eigenvalue weighted by atomic mass is 32.2. The van der Waals surface area contributed by atoms with Crippen LogP contribution in [0, 0.1) is 5.92 Å². The van der Waals surface area contributed by atoms with E-state index in [9.17, 15) is 13.2 Å². The molecule has 3 aliphatic rings. The first-order chi connectivity index (χ1) is 8.82. The summed E-state index contributed by atoms with van der Waals surface area (Å²) in [5, 5.41) is 8.22. The first kappa shape index (κ1) is 14.7. The lowest BCUT2D eigenvalue weighted by Crippen LogP contribution is -2.51. The second-order valence-corrected chi connectivity index (χ2v) is 8.01. The SMILES string of the molecule is COCC(C)S(=O)(=O)N1CC2CC1(CCC(=O)O)C2. The van der Waals surface area contributed by atoms with Gasteiger partial charge in [-0.25, -0.2) is 8.42 Å². The minimum absolute atomic E-state index is 0.0252. The molecule has 1 atom stereocenters. The van der Waals surface area contributed by atoms with Crippen LogP contribution in [0.25, 0.3) is 0 Å². The summed E-state index contributed by atoms with van der Waals surface area (Å²) in [7, 11) is -1.92. The lowest BCUT2D eigenvalue weighted by atomic mass is 9.71. The van der Waals surface area contributed by atoms with Crippen LogP contribution in [0.2, 0.25) is 0 Å². The number of nitrogens with zero attached hydrogens (tertiary/aromatic N) is 1. The van der Waals surface area contributed by atoms with Gasteiger partial charge in [0.2, 0.25) is 10.0 Å². The smallest absolute Gasteiger partial charge is 0.303 e. The second-order valence-electron chi connectivity index (χ2n) is 5.73. The molecule has 0 radical (unpaired) electrons. The molecule has 0 spiro atoms. The molecule has 2 aliphatic heterocycles. The number of carboxylic acid groups (broad SMARTS) is 1. The minimum atomic E-state index is -3.40. The van der Waals surface area contributed by atoms with E-state index >= 15 is 0 Å². The van der Waals surface area contributed by atoms with Gasteiger partial charge in [0.1, 0.15) is 0 Å². The zero-order valence-corrected chi connectivity index (χ0v) is 12.1. The first-order valence-corrected chi connectivity index (χ1v) is 8.04. The van der Waals surface area contributed by atoms with E-state index in [0.717, 1.165) is 12.8 Å². The molecule has 3 fully saturated rings. The molecule has 0 amide bonds. The molecule has 1 unspecified atom stereocenters. The fraction of sp³-hybridized carbons (Fsp3) is 0.917. The third kappa shape index (κ3) is 2.51. The van der Waals surface area contributed by atoms with Gasteiger partial charge in [0.15, 0.2) is 0 Å². The predicted molar refractivity (Wildman–Crippen MR) is 69.3 cm³/mol. The van der Waals surface area contributed by atoms with Crippen molar-refractivity contribution in [1.82, 2.24) is 4.31 Å². The maximum absolute atomic E-state index is 12.5. The van der Waals surface area contributed by atoms with Gasteiger partial charge in [0.25, 0.3) is 0 Å². The molecule has 6 nitrogen and oxygen atoms in total. The molecule has 0 aromatic heterocycles. The molecule has 19 heavy (non-hydrogen) atoms. The van der Waals surface area contributed by atoms with E-state index in [1.807, 2.05) is 0 Å². The standard InChI is InChI=1S/C12H21NO5S/c1-9(8-18-2)19(16,17)13-7-10-5-12(13,6-10)4-3-11(14)15/h9-10H,3-8H2,1-2H3,(H,14,15). The van der Waals surface area contributed by atoms with Crippen LogP contribution in [0.15, 0.2) is 0 Å². The Morgan fingerprint density at radius 2 is 2.16 bits per heavy atom. The highest BCUT2D eigenvalue weighted by Gasteiger charge is 2.60. The van der Waals surface area contributed by atoms with Crippen molar-refractivity contribution in [3.63, 3.8) is 0 Å². The lowest BCUT2D eigenvalue weighted by molar-refractivity contribution is -0.137. The molecule has 2 heterocycles. The first-order valence-electron chi connectivity index (χ1n) is 6.54. The summed E-state index contributed by atoms with van der Waals surface area (Å²) in [6.07, 6.45) is 2.05. The van der Waals surface area contributed by atoms with Gasteiger partial charge < -0.3 is 9.84 Å². The van der Waals surface area contributed by atoms with Gasteiger partial charge in [-0.3, -0.25) is 4.79 Å². The van der Waals surface area contributed by atoms with Crippen molar-refractivity contribution in [2.75, 3.05) is 20.3 Å². The molecule has 1 aliphatic carbocycles. The Bertz CT molecular complexity index is 455. The average molecular weight is 291 g/mol. The van der Waals surface area contributed by atoms with Crippen LogP contribution in [-0.4, -0.2) is 54.8 Å². The van der Waals surface area contributed by atoms with Crippen molar-refractivity contribution >= 4 is 16.0 Å². The molecular formula is C12H21NO5S. The van der Waals surface area contributed by atoms with E-state index in [1.54, 1.807) is 11.2 Å². The molecule has 2 saturated heterocycles. The normalized spacial score (nSPS) is 32.0. The van der Waals surface area contributed by atoms with Gasteiger partial charge in [-0.2, -0.15) is 4.31 Å². The summed E-state index contributed by atoms with van der Waals surface area (Å²) in [4.78, 5) is 10.7. The van der Waals surface area contributed by atoms with Crippen LogP contribution in [0.1, 0.15) is 32.6 Å². The topological polar surface area (TPSA) is 83.9 Å². The molecule has 110 valence electrons. The molecule has 3 rings (SSSR count). The van der Waals surface area contributed by atoms with Gasteiger partial charge in [0, 0.05) is 25.6 Å². The highest BCUT2D eigenvalue weighted by molar-refractivity contribution is 7.89. The van der Waals surface area contributed by atoms with E-state index in [-0.39, 0.29) is 13.0 Å². The van der Waals surface area contributed by atoms with Gasteiger partial charge in [-0.15, -0.1) is 0 Å². The van der Waals surface area contributed by atoms with Gasteiger partial charge in [0.05, 0.1) is 11.9 Å². The summed E-state index contributed by atoms with van der Waals surface area (Å²) < 4.78 is 31.5. The number of hydrogen-bond donors (Lipinski definition) is 1. The van der Waals surface area contributed by atoms with Crippen LogP contribution in [0.5, 0.6) is 0 Å². The number of aliphatic carboxylic acids is 1. The third-order valence-corrected chi connectivity index (χ3v) is 6.62. The zero-order valence-electron chi connectivity index (χ0n) is 11.3. The summed E-state index contributed by atoms with van der Waals surface area (Å²) in [5.74, 6) is -0.467. The van der Waals surface area contributed by atoms with Crippen molar-refractivity contribution in [2.24, 2.45) is 5.92 Å². The predicted octanol–water partition coefficient (Wildman–Crippen LogP) is 0.680. The Labute approximate surface area is 113 Å². The van der Waals surface area contributed by atoms with Crippen molar-refractivity contribution < 1.29 is 23.1 Å². The van der Waals surface area contributed by atoms with Crippen molar-refractivity contribution in [2.45, 2.75) is 43.4 Å². The maximum atomic E-state index is 12.5. The molecular weight excluding hydrogens is 270 g/mol. The Morgan fingerprint density at radius 3 is 2.68 bits per heavy atom. The van der Waals surface area contributed by atoms with Gasteiger partial charge >= 0.3 is 5.97 Å². The molecule has 7 heteroatoms. The van der Waals surface area contributed by atoms with Crippen molar-refractivity contribution in [3.8, 4) is 0 Å². The second kappa shape index (κ2) is 5.03. The fourth-order valence-electron chi connectivity index (χ4n) is 3.36. The van der Waals surface area contributed by atoms with E-state index < -0.39 is 26.8 Å². The molecule has 1 saturated carbocycles. The van der Waals surface area contributed by atoms with Crippen LogP contribution in [0.4, 0.5) is 0 Å². The maximum Gasteiger partial charge on any atom is 0.303 e. The number of carboxylic acids is 1. The van der Waals surface area contributed by atoms with Crippen LogP contribution in [-0.2, 0) is 19.6 Å². The van der Waals surface area contributed by atoms with E-state index in [1.165, 1.54) is 7.11 Å². The number of hydrogen-bond acceptors (Lipinski definition) is 4. The van der Waals surface area contributed by atoms with Crippen molar-refractivity contribution in [3.05, 3.63) is 0 Å². The fourth-order valence-corrected chi connectivity index (χ4v) is 5.30. The number of fused-ring (bicyclic) bond motifs is 1. The third-order valence-electron chi connectivity index (χ3n) is 4.31. The van der Waals surface area contributed by atoms with Crippen LogP contribution >= 0.6 is 0 Å². The number of ether oxygens (including phenoxy) is 1. The average Bonchev–Trinajstić information content (AvgIpc) is 2.81. The van der Waals surface area contributed by atoms with Gasteiger partial charge in [-0.05, 0) is 32.1 Å². The lowest BCUT2D eigenvalue weighted by Gasteiger charge is -2.42. The van der Waals surface area contributed by atoms with E-state index in [2.05, 4.69) is 0 Å². The highest BCUT2D eigenvalue weighted by Crippen LogP contribution is 2.54. The van der Waals surface area contributed by atoms with E-state index in [4.69, 9.17) is 9.84 Å². The number of sulfonamides is 1. The molecule has 1 N–H and O–H groups in total. The van der Waals surface area contributed by atoms with Crippen LogP contribution in [0.3, 0.4) is 0 Å². The summed E-state index contributed by atoms with van der Waals surface area (Å²) in [6.45, 7) is 2.34. The quantitative estimate of drug-likeness (QED) is 0.745. The van der Waals surface area contributed by atoms with E-state index in [0.29, 0.717) is 18.9 Å². The van der Waals surface area contributed by atoms with Crippen molar-refractivity contribution in [1.29, 1.82) is 0 Å². The Morgan fingerprint density at radius 1 is 1.53 bits per heavy atom. The largest absolute Gasteiger partial charge is 0.481 e. The van der Waals surface area contributed by atoms with Crippen LogP contribution < -0.4 is 0 Å². The molecule has 2 bridgehead atoms. The number of rotatable bonds is 7. The molecule has 0 aromatic rings. The van der Waals surface area contributed by atoms with Gasteiger partial charge in [-0.1, -0.05) is 0 Å². The summed E-state index contributed by atoms with van der Waals surface area (Å²) in [5.41, 5.74) is -0.441. The number of methoxy groups -OCH3 is 1. The Hall–Kier alpha value is -0.660. The Kier molecular flexibility index (Phi) is 3.90.